The van der Waals surface area contributed by atoms with Gasteiger partial charge in [0.05, 0.1) is 23.5 Å². The topological polar surface area (TPSA) is 81.3 Å². The Morgan fingerprint density at radius 3 is 2.93 bits per heavy atom. The molecule has 2 N–H and O–H groups in total. The fourth-order valence-corrected chi connectivity index (χ4v) is 3.71. The Morgan fingerprint density at radius 1 is 1.43 bits per heavy atom. The number of nitrogens with zero attached hydrogens (tertiary/aromatic N) is 3. The van der Waals surface area contributed by atoms with Crippen LogP contribution in [0.5, 0.6) is 0 Å². The highest BCUT2D eigenvalue weighted by Crippen LogP contribution is 2.16. The number of nitrogens with one attached hydrogen (secondary N) is 2. The van der Waals surface area contributed by atoms with Gasteiger partial charge < -0.3 is 15.2 Å². The van der Waals surface area contributed by atoms with Crippen LogP contribution in [0.25, 0.3) is 11.0 Å². The number of fused-ring (bicyclic) bond motifs is 1. The van der Waals surface area contributed by atoms with Gasteiger partial charge in [0.1, 0.15) is 11.6 Å². The van der Waals surface area contributed by atoms with Gasteiger partial charge in [0.25, 0.3) is 0 Å². The van der Waals surface area contributed by atoms with Crippen molar-refractivity contribution < 1.29 is 14.0 Å². The third-order valence-corrected chi connectivity index (χ3v) is 5.25. The van der Waals surface area contributed by atoms with Crippen LogP contribution in [-0.2, 0) is 16.0 Å². The molecule has 0 aliphatic carbocycles. The molecule has 1 atom stereocenters. The minimum absolute atomic E-state index is 0.0441. The summed E-state index contributed by atoms with van der Waals surface area (Å²) >= 11 is 0. The number of carbonyl (C=O) groups excluding carboxylic acids is 2. The van der Waals surface area contributed by atoms with Gasteiger partial charge in [-0.3, -0.25) is 14.5 Å². The van der Waals surface area contributed by atoms with E-state index in [1.165, 1.54) is 12.1 Å². The van der Waals surface area contributed by atoms with Gasteiger partial charge in [-0.05, 0) is 39.0 Å². The number of halogens is 1. The molecule has 1 aliphatic rings. The molecule has 2 aromatic rings. The molecule has 2 amide bonds. The quantitative estimate of drug-likeness (QED) is 0.755. The monoisotopic (exact) mass is 389 g/mol. The van der Waals surface area contributed by atoms with Crippen molar-refractivity contribution >= 4 is 22.8 Å². The van der Waals surface area contributed by atoms with Crippen LogP contribution in [0.15, 0.2) is 18.2 Å². The van der Waals surface area contributed by atoms with Gasteiger partial charge in [0.2, 0.25) is 11.8 Å². The first-order chi connectivity index (χ1) is 13.4. The van der Waals surface area contributed by atoms with E-state index in [0.29, 0.717) is 42.9 Å². The van der Waals surface area contributed by atoms with Crippen molar-refractivity contribution in [1.29, 1.82) is 0 Å². The van der Waals surface area contributed by atoms with E-state index >= 15 is 0 Å². The van der Waals surface area contributed by atoms with Crippen LogP contribution in [-0.4, -0.2) is 69.8 Å². The first kappa shape index (κ1) is 20.3. The zero-order chi connectivity index (χ0) is 20.3. The third-order valence-electron chi connectivity index (χ3n) is 5.25. The zero-order valence-electron chi connectivity index (χ0n) is 16.7. The molecule has 8 heteroatoms. The highest BCUT2D eigenvalue weighted by molar-refractivity contribution is 5.89. The molecule has 0 saturated carbocycles. The summed E-state index contributed by atoms with van der Waals surface area (Å²) in [5, 5.41) is 2.86. The van der Waals surface area contributed by atoms with Crippen molar-refractivity contribution in [2.75, 3.05) is 26.2 Å². The molecule has 0 radical (unpaired) electrons. The van der Waals surface area contributed by atoms with Crippen molar-refractivity contribution in [3.63, 3.8) is 0 Å². The fraction of sp³-hybridized carbons (Fsp3) is 0.550. The molecule has 1 aromatic heterocycles. The number of aromatic nitrogens is 2. The fourth-order valence-electron chi connectivity index (χ4n) is 3.71. The standard InChI is InChI=1S/C20H28FN5O2/c1-4-25(9-7-18-23-15-6-5-14(21)11-16(15)24-18)19(27)12-17-20(28)22-8-10-26(17)13(2)3/h5-6,11,13,17H,4,7-10,12H2,1-3H3,(H,22,28)(H,23,24)/t17-/m0/s1. The summed E-state index contributed by atoms with van der Waals surface area (Å²) in [7, 11) is 0. The minimum atomic E-state index is -0.426. The van der Waals surface area contributed by atoms with Crippen LogP contribution in [0.1, 0.15) is 33.0 Å². The maximum Gasteiger partial charge on any atom is 0.237 e. The van der Waals surface area contributed by atoms with Gasteiger partial charge in [-0.1, -0.05) is 0 Å². The first-order valence-corrected chi connectivity index (χ1v) is 9.84. The van der Waals surface area contributed by atoms with E-state index < -0.39 is 6.04 Å². The van der Waals surface area contributed by atoms with E-state index in [1.54, 1.807) is 11.0 Å². The number of amides is 2. The molecule has 3 rings (SSSR count). The number of piperazine rings is 1. The SMILES string of the molecule is CCN(CCc1nc2ccc(F)cc2[nH]1)C(=O)C[C@H]1C(=O)NCCN1C(C)C. The second-order valence-electron chi connectivity index (χ2n) is 7.41. The van der Waals surface area contributed by atoms with E-state index in [2.05, 4.69) is 20.2 Å². The van der Waals surface area contributed by atoms with Gasteiger partial charge in [-0.2, -0.15) is 0 Å². The Labute approximate surface area is 164 Å². The number of carbonyl (C=O) groups is 2. The predicted octanol–water partition coefficient (Wildman–Crippen LogP) is 1.69. The van der Waals surface area contributed by atoms with Crippen LogP contribution in [0.4, 0.5) is 4.39 Å². The number of hydrogen-bond donors (Lipinski definition) is 2. The second-order valence-corrected chi connectivity index (χ2v) is 7.41. The molecule has 152 valence electrons. The lowest BCUT2D eigenvalue weighted by molar-refractivity contribution is -0.139. The zero-order valence-corrected chi connectivity index (χ0v) is 16.7. The molecular weight excluding hydrogens is 361 g/mol. The van der Waals surface area contributed by atoms with Crippen molar-refractivity contribution in [3.8, 4) is 0 Å². The molecule has 0 spiro atoms. The molecule has 7 nitrogen and oxygen atoms in total. The van der Waals surface area contributed by atoms with Gasteiger partial charge in [0.15, 0.2) is 0 Å². The lowest BCUT2D eigenvalue weighted by Gasteiger charge is -2.38. The third kappa shape index (κ3) is 4.49. The predicted molar refractivity (Wildman–Crippen MR) is 105 cm³/mol. The molecule has 1 saturated heterocycles. The molecule has 1 fully saturated rings. The maximum absolute atomic E-state index is 13.3. The van der Waals surface area contributed by atoms with Crippen molar-refractivity contribution in [1.82, 2.24) is 25.1 Å². The van der Waals surface area contributed by atoms with Gasteiger partial charge >= 0.3 is 0 Å². The Morgan fingerprint density at radius 2 is 2.21 bits per heavy atom. The van der Waals surface area contributed by atoms with Crippen molar-refractivity contribution in [2.24, 2.45) is 0 Å². The van der Waals surface area contributed by atoms with E-state index in [1.807, 2.05) is 20.8 Å². The Bertz CT molecular complexity index is 850. The highest BCUT2D eigenvalue weighted by Gasteiger charge is 2.33. The summed E-state index contributed by atoms with van der Waals surface area (Å²) in [6, 6.07) is 4.20. The van der Waals surface area contributed by atoms with Gasteiger partial charge in [-0.25, -0.2) is 9.37 Å². The van der Waals surface area contributed by atoms with Crippen LogP contribution >= 0.6 is 0 Å². The Kier molecular flexibility index (Phi) is 6.28. The van der Waals surface area contributed by atoms with Crippen LogP contribution < -0.4 is 5.32 Å². The van der Waals surface area contributed by atoms with Crippen LogP contribution in [0, 0.1) is 5.82 Å². The largest absolute Gasteiger partial charge is 0.353 e. The summed E-state index contributed by atoms with van der Waals surface area (Å²) in [5.41, 5.74) is 1.35. The lowest BCUT2D eigenvalue weighted by atomic mass is 10.1. The minimum Gasteiger partial charge on any atom is -0.353 e. The molecule has 2 heterocycles. The highest BCUT2D eigenvalue weighted by atomic mass is 19.1. The van der Waals surface area contributed by atoms with E-state index in [9.17, 15) is 14.0 Å². The van der Waals surface area contributed by atoms with Crippen LogP contribution in [0.3, 0.4) is 0 Å². The molecule has 0 unspecified atom stereocenters. The summed E-state index contributed by atoms with van der Waals surface area (Å²) in [4.78, 5) is 36.5. The van der Waals surface area contributed by atoms with E-state index in [0.717, 1.165) is 6.54 Å². The molecule has 0 bridgehead atoms. The normalized spacial score (nSPS) is 17.9. The summed E-state index contributed by atoms with van der Waals surface area (Å²) in [5.74, 6) is 0.278. The smallest absolute Gasteiger partial charge is 0.237 e. The number of likely N-dealkylation sites (N-methyl/N-ethyl adjacent to an activating group) is 1. The molecular formula is C20H28FN5O2. The summed E-state index contributed by atoms with van der Waals surface area (Å²) in [6.45, 7) is 8.43. The Hall–Kier alpha value is -2.48. The van der Waals surface area contributed by atoms with Gasteiger partial charge in [-0.15, -0.1) is 0 Å². The lowest BCUT2D eigenvalue weighted by Crippen LogP contribution is -2.58. The molecule has 28 heavy (non-hydrogen) atoms. The van der Waals surface area contributed by atoms with Crippen molar-refractivity contribution in [3.05, 3.63) is 29.8 Å². The van der Waals surface area contributed by atoms with E-state index in [-0.39, 0.29) is 30.1 Å². The van der Waals surface area contributed by atoms with Crippen molar-refractivity contribution in [2.45, 2.75) is 45.7 Å². The number of imidazole rings is 1. The van der Waals surface area contributed by atoms with Crippen LogP contribution in [0.2, 0.25) is 0 Å². The summed E-state index contributed by atoms with van der Waals surface area (Å²) in [6.07, 6.45) is 0.712. The average molecular weight is 389 g/mol. The number of H-pyrrole nitrogens is 1. The van der Waals surface area contributed by atoms with E-state index in [4.69, 9.17) is 0 Å². The average Bonchev–Trinajstić information content (AvgIpc) is 3.05. The molecule has 1 aromatic carbocycles. The number of rotatable bonds is 7. The number of hydrogen-bond acceptors (Lipinski definition) is 4. The maximum atomic E-state index is 13.3. The second kappa shape index (κ2) is 8.68. The Balaban J connectivity index is 1.63. The summed E-state index contributed by atoms with van der Waals surface area (Å²) < 4.78 is 13.3. The first-order valence-electron chi connectivity index (χ1n) is 9.84. The van der Waals surface area contributed by atoms with Gasteiger partial charge in [0, 0.05) is 38.6 Å². The number of aromatic amines is 1. The number of benzene rings is 1. The molecule has 1 aliphatic heterocycles.